The number of hydrogen-bond donors (Lipinski definition) is 2. The largest absolute Gasteiger partial charge is 0.479 e. The molecule has 1 heterocycles. The van der Waals surface area contributed by atoms with Crippen molar-refractivity contribution in [3.8, 4) is 0 Å². The minimum atomic E-state index is -1.79. The minimum absolute atomic E-state index is 0.318. The molecule has 0 saturated carbocycles. The Morgan fingerprint density at radius 2 is 1.86 bits per heavy atom. The lowest BCUT2D eigenvalue weighted by Crippen LogP contribution is -2.33. The summed E-state index contributed by atoms with van der Waals surface area (Å²) in [5, 5.41) is 12.7. The Morgan fingerprint density at radius 1 is 1.14 bits per heavy atom. The number of hydrogen-bond acceptors (Lipinski definition) is 3. The Hall–Kier alpha value is -2.35. The highest BCUT2D eigenvalue weighted by Crippen LogP contribution is 2.21. The molecule has 1 aromatic carbocycles. The molecule has 2 aromatic rings. The number of thiophene rings is 1. The van der Waals surface area contributed by atoms with E-state index in [1.807, 2.05) is 0 Å². The average molecular weight is 315 g/mol. The number of rotatable bonds is 4. The van der Waals surface area contributed by atoms with Gasteiger partial charge in [0.05, 0.1) is 5.56 Å². The van der Waals surface area contributed by atoms with Crippen LogP contribution >= 0.6 is 11.3 Å². The van der Waals surface area contributed by atoms with Gasteiger partial charge < -0.3 is 10.4 Å². The van der Waals surface area contributed by atoms with Gasteiger partial charge in [-0.25, -0.2) is 18.0 Å². The number of carboxylic acid groups (broad SMARTS) is 1. The summed E-state index contributed by atoms with van der Waals surface area (Å²) in [5.41, 5.74) is -0.767. The highest BCUT2D eigenvalue weighted by molar-refractivity contribution is 7.10. The number of aliphatic carboxylic acids is 1. The summed E-state index contributed by atoms with van der Waals surface area (Å²) < 4.78 is 39.4. The lowest BCUT2D eigenvalue weighted by molar-refractivity contribution is -0.139. The lowest BCUT2D eigenvalue weighted by Gasteiger charge is -2.13. The molecule has 0 bridgehead atoms. The molecule has 0 spiro atoms. The zero-order valence-corrected chi connectivity index (χ0v) is 11.1. The van der Waals surface area contributed by atoms with E-state index >= 15 is 0 Å². The molecule has 1 aromatic heterocycles. The van der Waals surface area contributed by atoms with E-state index in [0.29, 0.717) is 10.9 Å². The molecule has 0 saturated heterocycles. The SMILES string of the molecule is O=C(NC(C(=O)O)c1cccs1)c1ccc(F)c(F)c1F. The highest BCUT2D eigenvalue weighted by Gasteiger charge is 2.26. The van der Waals surface area contributed by atoms with Crippen molar-refractivity contribution in [3.05, 3.63) is 57.5 Å². The van der Waals surface area contributed by atoms with Gasteiger partial charge in [-0.05, 0) is 23.6 Å². The van der Waals surface area contributed by atoms with E-state index in [1.165, 1.54) is 6.07 Å². The Bertz CT molecular complexity index is 688. The van der Waals surface area contributed by atoms with Gasteiger partial charge in [0.25, 0.3) is 5.91 Å². The molecule has 0 aliphatic carbocycles. The lowest BCUT2D eigenvalue weighted by atomic mass is 10.1. The van der Waals surface area contributed by atoms with Crippen molar-refractivity contribution in [3.63, 3.8) is 0 Å². The van der Waals surface area contributed by atoms with Crippen molar-refractivity contribution < 1.29 is 27.9 Å². The van der Waals surface area contributed by atoms with E-state index < -0.39 is 40.9 Å². The van der Waals surface area contributed by atoms with Gasteiger partial charge in [0.2, 0.25) is 0 Å². The quantitative estimate of drug-likeness (QED) is 0.853. The van der Waals surface area contributed by atoms with Gasteiger partial charge in [-0.2, -0.15) is 0 Å². The van der Waals surface area contributed by atoms with E-state index in [1.54, 1.807) is 11.4 Å². The first-order chi connectivity index (χ1) is 9.91. The van der Waals surface area contributed by atoms with Gasteiger partial charge in [-0.1, -0.05) is 6.07 Å². The number of carboxylic acids is 1. The molecule has 1 unspecified atom stereocenters. The van der Waals surface area contributed by atoms with Crippen LogP contribution in [0.25, 0.3) is 0 Å². The van der Waals surface area contributed by atoms with Crippen LogP contribution in [0, 0.1) is 17.5 Å². The Morgan fingerprint density at radius 3 is 2.43 bits per heavy atom. The fraction of sp³-hybridized carbons (Fsp3) is 0.0769. The number of benzene rings is 1. The Kier molecular flexibility index (Phi) is 4.27. The average Bonchev–Trinajstić information content (AvgIpc) is 2.95. The number of halogens is 3. The highest BCUT2D eigenvalue weighted by atomic mass is 32.1. The molecule has 0 fully saturated rings. The van der Waals surface area contributed by atoms with Gasteiger partial charge in [0, 0.05) is 4.88 Å². The second kappa shape index (κ2) is 5.96. The van der Waals surface area contributed by atoms with E-state index in [2.05, 4.69) is 5.32 Å². The first kappa shape index (κ1) is 15.0. The van der Waals surface area contributed by atoms with Crippen LogP contribution in [0.2, 0.25) is 0 Å². The third kappa shape index (κ3) is 3.05. The summed E-state index contributed by atoms with van der Waals surface area (Å²) in [6, 6.07) is 3.00. The maximum Gasteiger partial charge on any atom is 0.331 e. The molecule has 1 amide bonds. The molecule has 8 heteroatoms. The van der Waals surface area contributed by atoms with Crippen molar-refractivity contribution in [1.82, 2.24) is 5.32 Å². The van der Waals surface area contributed by atoms with Crippen LogP contribution in [0.5, 0.6) is 0 Å². The minimum Gasteiger partial charge on any atom is -0.479 e. The van der Waals surface area contributed by atoms with Gasteiger partial charge in [-0.15, -0.1) is 11.3 Å². The molecule has 1 atom stereocenters. The summed E-state index contributed by atoms with van der Waals surface area (Å²) >= 11 is 1.08. The van der Waals surface area contributed by atoms with Crippen molar-refractivity contribution in [2.24, 2.45) is 0 Å². The van der Waals surface area contributed by atoms with Crippen LogP contribution in [0.4, 0.5) is 13.2 Å². The van der Waals surface area contributed by atoms with Crippen LogP contribution < -0.4 is 5.32 Å². The number of carbonyl (C=O) groups excluding carboxylic acids is 1. The first-order valence-electron chi connectivity index (χ1n) is 5.62. The van der Waals surface area contributed by atoms with Crippen molar-refractivity contribution >= 4 is 23.2 Å². The smallest absolute Gasteiger partial charge is 0.331 e. The summed E-state index contributed by atoms with van der Waals surface area (Å²) in [6.45, 7) is 0. The molecule has 4 nitrogen and oxygen atoms in total. The molecule has 0 aliphatic heterocycles. The molecule has 110 valence electrons. The maximum atomic E-state index is 13.5. The van der Waals surface area contributed by atoms with Crippen molar-refractivity contribution in [2.45, 2.75) is 6.04 Å². The zero-order valence-electron chi connectivity index (χ0n) is 10.3. The summed E-state index contributed by atoms with van der Waals surface area (Å²) in [4.78, 5) is 23.3. The zero-order chi connectivity index (χ0) is 15.6. The first-order valence-corrected chi connectivity index (χ1v) is 6.50. The summed E-state index contributed by atoms with van der Waals surface area (Å²) in [6.07, 6.45) is 0. The standard InChI is InChI=1S/C13H8F3NO3S/c14-7-4-3-6(9(15)10(7)16)12(18)17-11(13(19)20)8-2-1-5-21-8/h1-5,11H,(H,17,18)(H,19,20). The van der Waals surface area contributed by atoms with Gasteiger partial charge in [0.15, 0.2) is 23.5 Å². The monoisotopic (exact) mass is 315 g/mol. The maximum absolute atomic E-state index is 13.5. The predicted molar refractivity (Wildman–Crippen MR) is 68.5 cm³/mol. The number of nitrogens with one attached hydrogen (secondary N) is 1. The fourth-order valence-corrected chi connectivity index (χ4v) is 2.39. The van der Waals surface area contributed by atoms with E-state index in [9.17, 15) is 22.8 Å². The predicted octanol–water partition coefficient (Wildman–Crippen LogP) is 2.72. The van der Waals surface area contributed by atoms with E-state index in [0.717, 1.165) is 17.4 Å². The van der Waals surface area contributed by atoms with Gasteiger partial charge in [-0.3, -0.25) is 4.79 Å². The topological polar surface area (TPSA) is 66.4 Å². The molecule has 2 rings (SSSR count). The molecular weight excluding hydrogens is 307 g/mol. The van der Waals surface area contributed by atoms with Crippen LogP contribution in [0.3, 0.4) is 0 Å². The second-order valence-electron chi connectivity index (χ2n) is 3.98. The molecular formula is C13H8F3NO3S. The van der Waals surface area contributed by atoms with Crippen LogP contribution in [-0.4, -0.2) is 17.0 Å². The third-order valence-corrected chi connectivity index (χ3v) is 3.57. The molecule has 2 N–H and O–H groups in total. The number of amides is 1. The van der Waals surface area contributed by atoms with Crippen LogP contribution in [-0.2, 0) is 4.79 Å². The Labute approximate surface area is 120 Å². The van der Waals surface area contributed by atoms with Gasteiger partial charge >= 0.3 is 5.97 Å². The molecule has 0 radical (unpaired) electrons. The van der Waals surface area contributed by atoms with E-state index in [4.69, 9.17) is 5.11 Å². The summed E-state index contributed by atoms with van der Waals surface area (Å²) in [7, 11) is 0. The Balaban J connectivity index is 2.28. The van der Waals surface area contributed by atoms with Gasteiger partial charge in [0.1, 0.15) is 0 Å². The van der Waals surface area contributed by atoms with Crippen LogP contribution in [0.1, 0.15) is 21.3 Å². The van der Waals surface area contributed by atoms with Crippen molar-refractivity contribution in [2.75, 3.05) is 0 Å². The molecule has 21 heavy (non-hydrogen) atoms. The summed E-state index contributed by atoms with van der Waals surface area (Å²) in [5.74, 6) is -7.38. The van der Waals surface area contributed by atoms with Crippen LogP contribution in [0.15, 0.2) is 29.6 Å². The van der Waals surface area contributed by atoms with E-state index in [-0.39, 0.29) is 0 Å². The normalized spacial score (nSPS) is 12.0. The third-order valence-electron chi connectivity index (χ3n) is 2.63. The van der Waals surface area contributed by atoms with Crippen molar-refractivity contribution in [1.29, 1.82) is 0 Å². The second-order valence-corrected chi connectivity index (χ2v) is 4.96. The number of carbonyl (C=O) groups is 2. The fourth-order valence-electron chi connectivity index (χ4n) is 1.62. The molecule has 0 aliphatic rings.